The lowest BCUT2D eigenvalue weighted by molar-refractivity contribution is 1.30. The molecule has 4 nitrogen and oxygen atoms in total. The Balaban J connectivity index is 2.16. The summed E-state index contributed by atoms with van der Waals surface area (Å²) < 4.78 is 0. The summed E-state index contributed by atoms with van der Waals surface area (Å²) in [6, 6.07) is 11.3. The molecule has 0 unspecified atom stereocenters. The van der Waals surface area contributed by atoms with Crippen LogP contribution in [0.15, 0.2) is 42.7 Å². The van der Waals surface area contributed by atoms with Gasteiger partial charge in [-0.2, -0.15) is 5.26 Å². The van der Waals surface area contributed by atoms with Crippen molar-refractivity contribution in [3.05, 3.63) is 48.3 Å². The van der Waals surface area contributed by atoms with Crippen LogP contribution in [-0.2, 0) is 0 Å². The minimum Gasteiger partial charge on any atom is -0.387 e. The van der Waals surface area contributed by atoms with Crippen LogP contribution in [0.3, 0.4) is 0 Å². The van der Waals surface area contributed by atoms with Crippen molar-refractivity contribution < 1.29 is 0 Å². The van der Waals surface area contributed by atoms with Crippen molar-refractivity contribution in [1.29, 1.82) is 5.26 Å². The van der Waals surface area contributed by atoms with Crippen LogP contribution >= 0.6 is 0 Å². The van der Waals surface area contributed by atoms with Crippen molar-refractivity contribution >= 4 is 17.1 Å². The zero-order valence-electron chi connectivity index (χ0n) is 9.44. The smallest absolute Gasteiger partial charge is 0.0991 e. The molecule has 17 heavy (non-hydrogen) atoms. The van der Waals surface area contributed by atoms with Crippen LogP contribution in [-0.4, -0.2) is 12.0 Å². The predicted molar refractivity (Wildman–Crippen MR) is 68.2 cm³/mol. The molecular weight excluding hydrogens is 212 g/mol. The number of nitrogens with zero attached hydrogens (tertiary/aromatic N) is 2. The van der Waals surface area contributed by atoms with Gasteiger partial charge in [-0.1, -0.05) is 0 Å². The molecule has 1 aromatic heterocycles. The molecule has 0 saturated carbocycles. The van der Waals surface area contributed by atoms with Crippen molar-refractivity contribution in [2.45, 2.75) is 0 Å². The lowest BCUT2D eigenvalue weighted by Crippen LogP contribution is -1.94. The summed E-state index contributed by atoms with van der Waals surface area (Å²) in [6.07, 6.45) is 3.50. The summed E-state index contributed by atoms with van der Waals surface area (Å²) >= 11 is 0. The number of aromatic nitrogens is 1. The molecule has 2 N–H and O–H groups in total. The Kier molecular flexibility index (Phi) is 3.22. The highest BCUT2D eigenvalue weighted by Crippen LogP contribution is 2.18. The molecule has 84 valence electrons. The van der Waals surface area contributed by atoms with Crippen molar-refractivity contribution in [2.24, 2.45) is 0 Å². The van der Waals surface area contributed by atoms with Crippen molar-refractivity contribution in [3.8, 4) is 6.07 Å². The number of nitriles is 1. The molecule has 0 spiro atoms. The van der Waals surface area contributed by atoms with Crippen LogP contribution in [0, 0.1) is 11.3 Å². The van der Waals surface area contributed by atoms with Gasteiger partial charge < -0.3 is 10.6 Å². The SMILES string of the molecule is CNc1cncc(Nc2ccc(C#N)cc2)c1. The fourth-order valence-electron chi connectivity index (χ4n) is 1.44. The second-order valence-electron chi connectivity index (χ2n) is 3.53. The number of hydrogen-bond donors (Lipinski definition) is 2. The van der Waals surface area contributed by atoms with Crippen LogP contribution in [0.5, 0.6) is 0 Å². The molecule has 1 aromatic carbocycles. The number of benzene rings is 1. The monoisotopic (exact) mass is 224 g/mol. The average molecular weight is 224 g/mol. The summed E-state index contributed by atoms with van der Waals surface area (Å²) in [4.78, 5) is 4.11. The molecule has 2 rings (SSSR count). The molecule has 1 heterocycles. The predicted octanol–water partition coefficient (Wildman–Crippen LogP) is 2.74. The van der Waals surface area contributed by atoms with E-state index < -0.39 is 0 Å². The van der Waals surface area contributed by atoms with E-state index in [1.54, 1.807) is 24.5 Å². The van der Waals surface area contributed by atoms with E-state index in [1.165, 1.54) is 0 Å². The van der Waals surface area contributed by atoms with E-state index in [2.05, 4.69) is 21.7 Å². The maximum absolute atomic E-state index is 8.70. The maximum Gasteiger partial charge on any atom is 0.0991 e. The van der Waals surface area contributed by atoms with Crippen molar-refractivity contribution in [2.75, 3.05) is 17.7 Å². The van der Waals surface area contributed by atoms with E-state index in [-0.39, 0.29) is 0 Å². The molecule has 0 atom stereocenters. The molecule has 0 aliphatic heterocycles. The van der Waals surface area contributed by atoms with E-state index >= 15 is 0 Å². The Hall–Kier alpha value is -2.54. The van der Waals surface area contributed by atoms with E-state index in [1.807, 2.05) is 25.2 Å². The summed E-state index contributed by atoms with van der Waals surface area (Å²) in [5, 5.41) is 14.9. The van der Waals surface area contributed by atoms with Gasteiger partial charge in [0.05, 0.1) is 35.4 Å². The third-order valence-electron chi connectivity index (χ3n) is 2.33. The number of pyridine rings is 1. The fourth-order valence-corrected chi connectivity index (χ4v) is 1.44. The van der Waals surface area contributed by atoms with Crippen LogP contribution in [0.25, 0.3) is 0 Å². The second-order valence-corrected chi connectivity index (χ2v) is 3.53. The number of rotatable bonds is 3. The van der Waals surface area contributed by atoms with Gasteiger partial charge in [-0.3, -0.25) is 4.98 Å². The summed E-state index contributed by atoms with van der Waals surface area (Å²) in [6.45, 7) is 0. The largest absolute Gasteiger partial charge is 0.387 e. The minimum absolute atomic E-state index is 0.651. The van der Waals surface area contributed by atoms with Gasteiger partial charge in [0, 0.05) is 12.7 Å². The highest BCUT2D eigenvalue weighted by Gasteiger charge is 1.97. The molecule has 0 saturated heterocycles. The summed E-state index contributed by atoms with van der Waals surface area (Å²) in [5.41, 5.74) is 3.43. The molecule has 0 aliphatic carbocycles. The van der Waals surface area contributed by atoms with Crippen molar-refractivity contribution in [3.63, 3.8) is 0 Å². The molecule has 0 bridgehead atoms. The Labute approximate surface area is 99.9 Å². The lowest BCUT2D eigenvalue weighted by atomic mass is 10.2. The number of hydrogen-bond acceptors (Lipinski definition) is 4. The normalized spacial score (nSPS) is 9.41. The third-order valence-corrected chi connectivity index (χ3v) is 2.33. The fraction of sp³-hybridized carbons (Fsp3) is 0.0769. The molecule has 0 amide bonds. The van der Waals surface area contributed by atoms with E-state index in [0.717, 1.165) is 17.1 Å². The maximum atomic E-state index is 8.70. The second kappa shape index (κ2) is 4.99. The topological polar surface area (TPSA) is 60.7 Å². The Bertz CT molecular complexity index is 540. The van der Waals surface area contributed by atoms with E-state index in [4.69, 9.17) is 5.26 Å². The zero-order valence-corrected chi connectivity index (χ0v) is 9.44. The number of nitrogens with one attached hydrogen (secondary N) is 2. The Morgan fingerprint density at radius 3 is 2.41 bits per heavy atom. The van der Waals surface area contributed by atoms with Gasteiger partial charge in [0.2, 0.25) is 0 Å². The van der Waals surface area contributed by atoms with E-state index in [9.17, 15) is 0 Å². The first-order chi connectivity index (χ1) is 8.31. The zero-order chi connectivity index (χ0) is 12.1. The summed E-state index contributed by atoms with van der Waals surface area (Å²) in [5.74, 6) is 0. The number of anilines is 3. The summed E-state index contributed by atoms with van der Waals surface area (Å²) in [7, 11) is 1.85. The van der Waals surface area contributed by atoms with Gasteiger partial charge in [0.25, 0.3) is 0 Å². The standard InChI is InChI=1S/C13H12N4/c1-15-12-6-13(9-16-8-12)17-11-4-2-10(7-14)3-5-11/h2-6,8-9,15,17H,1H3. The molecule has 4 heteroatoms. The highest BCUT2D eigenvalue weighted by molar-refractivity contribution is 5.63. The third kappa shape index (κ3) is 2.73. The van der Waals surface area contributed by atoms with E-state index in [0.29, 0.717) is 5.56 Å². The Morgan fingerprint density at radius 2 is 1.76 bits per heavy atom. The molecule has 0 fully saturated rings. The van der Waals surface area contributed by atoms with Gasteiger partial charge in [0.15, 0.2) is 0 Å². The van der Waals surface area contributed by atoms with Gasteiger partial charge in [-0.05, 0) is 30.3 Å². The van der Waals surface area contributed by atoms with Crippen LogP contribution in [0.2, 0.25) is 0 Å². The van der Waals surface area contributed by atoms with Crippen molar-refractivity contribution in [1.82, 2.24) is 4.98 Å². The quantitative estimate of drug-likeness (QED) is 0.841. The van der Waals surface area contributed by atoms with Gasteiger partial charge >= 0.3 is 0 Å². The molecule has 2 aromatic rings. The van der Waals surface area contributed by atoms with Crippen LogP contribution in [0.1, 0.15) is 5.56 Å². The van der Waals surface area contributed by atoms with Gasteiger partial charge in [-0.25, -0.2) is 0 Å². The first-order valence-corrected chi connectivity index (χ1v) is 5.22. The first-order valence-electron chi connectivity index (χ1n) is 5.22. The average Bonchev–Trinajstić information content (AvgIpc) is 2.40. The Morgan fingerprint density at radius 1 is 1.06 bits per heavy atom. The van der Waals surface area contributed by atoms with Gasteiger partial charge in [0.1, 0.15) is 0 Å². The first kappa shape index (κ1) is 11.0. The molecule has 0 aliphatic rings. The molecular formula is C13H12N4. The minimum atomic E-state index is 0.651. The van der Waals surface area contributed by atoms with Gasteiger partial charge in [-0.15, -0.1) is 0 Å². The highest BCUT2D eigenvalue weighted by atomic mass is 14.9. The lowest BCUT2D eigenvalue weighted by Gasteiger charge is -2.07. The molecule has 0 radical (unpaired) electrons. The van der Waals surface area contributed by atoms with Crippen LogP contribution in [0.4, 0.5) is 17.1 Å². The van der Waals surface area contributed by atoms with Crippen LogP contribution < -0.4 is 10.6 Å².